The number of nitrogens with zero attached hydrogens (tertiary/aromatic N) is 1. The summed E-state index contributed by atoms with van der Waals surface area (Å²) in [6, 6.07) is 6.58. The number of nitrogens with one attached hydrogen (secondary N) is 1. The van der Waals surface area contributed by atoms with E-state index in [4.69, 9.17) is 0 Å². The first-order valence-electron chi connectivity index (χ1n) is 8.75. The highest BCUT2D eigenvalue weighted by Crippen LogP contribution is 2.40. The average molecular weight is 399 g/mol. The lowest BCUT2D eigenvalue weighted by Gasteiger charge is -2.12. The van der Waals surface area contributed by atoms with E-state index < -0.39 is 0 Å². The summed E-state index contributed by atoms with van der Waals surface area (Å²) < 4.78 is 1.41. The van der Waals surface area contributed by atoms with Gasteiger partial charge in [-0.2, -0.15) is 0 Å². The van der Waals surface area contributed by atoms with Gasteiger partial charge in [0.2, 0.25) is 5.78 Å². The van der Waals surface area contributed by atoms with Crippen molar-refractivity contribution < 1.29 is 9.59 Å². The van der Waals surface area contributed by atoms with Gasteiger partial charge in [0.05, 0.1) is 10.4 Å². The van der Waals surface area contributed by atoms with Gasteiger partial charge < -0.3 is 9.88 Å². The molecular weight excluding hydrogens is 380 g/mol. The molecule has 0 atom stereocenters. The standard InChI is InChI=1S/C20H18N2O3S2/c1-22-9-8-12(11-16(22)23)19(25)21-20-17(18(24)15-7-4-10-26-15)13-5-2-3-6-14(13)27-20/h4,7-11H,2-3,5-6H2,1H3,(H,21,25). The van der Waals surface area contributed by atoms with E-state index in [1.807, 2.05) is 17.5 Å². The zero-order valence-electron chi connectivity index (χ0n) is 14.8. The van der Waals surface area contributed by atoms with E-state index in [1.165, 1.54) is 38.2 Å². The van der Waals surface area contributed by atoms with E-state index in [-0.39, 0.29) is 17.2 Å². The second kappa shape index (κ2) is 7.25. The Kier molecular flexibility index (Phi) is 4.80. The summed E-state index contributed by atoms with van der Waals surface area (Å²) in [4.78, 5) is 39.5. The summed E-state index contributed by atoms with van der Waals surface area (Å²) in [6.07, 6.45) is 5.51. The van der Waals surface area contributed by atoms with Gasteiger partial charge in [-0.3, -0.25) is 14.4 Å². The van der Waals surface area contributed by atoms with Crippen LogP contribution < -0.4 is 10.9 Å². The molecule has 3 aromatic rings. The minimum Gasteiger partial charge on any atom is -0.319 e. The van der Waals surface area contributed by atoms with Gasteiger partial charge in [-0.05, 0) is 48.8 Å². The van der Waals surface area contributed by atoms with Crippen molar-refractivity contribution >= 4 is 39.4 Å². The molecule has 4 rings (SSSR count). The molecule has 0 saturated heterocycles. The van der Waals surface area contributed by atoms with Gasteiger partial charge in [0.15, 0.2) is 0 Å². The summed E-state index contributed by atoms with van der Waals surface area (Å²) in [7, 11) is 1.63. The number of amides is 1. The Hall–Kier alpha value is -2.51. The minimum absolute atomic E-state index is 0.0383. The number of carbonyl (C=O) groups is 2. The first kappa shape index (κ1) is 17.9. The molecule has 0 radical (unpaired) electrons. The molecule has 0 spiro atoms. The second-order valence-corrected chi connectivity index (χ2v) is 8.59. The Morgan fingerprint density at radius 3 is 2.74 bits per heavy atom. The van der Waals surface area contributed by atoms with Crippen molar-refractivity contribution in [2.24, 2.45) is 7.05 Å². The van der Waals surface area contributed by atoms with Crippen molar-refractivity contribution in [1.29, 1.82) is 0 Å². The highest BCUT2D eigenvalue weighted by molar-refractivity contribution is 7.17. The molecule has 0 aromatic carbocycles. The van der Waals surface area contributed by atoms with Crippen molar-refractivity contribution in [3.63, 3.8) is 0 Å². The fraction of sp³-hybridized carbons (Fsp3) is 0.250. The first-order valence-corrected chi connectivity index (χ1v) is 10.4. The van der Waals surface area contributed by atoms with Gasteiger partial charge in [-0.15, -0.1) is 22.7 Å². The molecule has 1 aliphatic rings. The van der Waals surface area contributed by atoms with Crippen molar-refractivity contribution in [2.45, 2.75) is 25.7 Å². The number of anilines is 1. The van der Waals surface area contributed by atoms with Crippen LogP contribution in [0.1, 0.15) is 48.9 Å². The fourth-order valence-electron chi connectivity index (χ4n) is 3.29. The maximum absolute atomic E-state index is 13.1. The zero-order valence-corrected chi connectivity index (χ0v) is 16.4. The third kappa shape index (κ3) is 3.40. The smallest absolute Gasteiger partial charge is 0.256 e. The highest BCUT2D eigenvalue weighted by Gasteiger charge is 2.27. The maximum atomic E-state index is 13.1. The first-order chi connectivity index (χ1) is 13.0. The van der Waals surface area contributed by atoms with Gasteiger partial charge in [0.25, 0.3) is 11.5 Å². The number of carbonyl (C=O) groups excluding carboxylic acids is 2. The van der Waals surface area contributed by atoms with E-state index in [0.29, 0.717) is 21.0 Å². The van der Waals surface area contributed by atoms with Gasteiger partial charge in [0.1, 0.15) is 5.00 Å². The largest absolute Gasteiger partial charge is 0.319 e. The zero-order chi connectivity index (χ0) is 19.0. The van der Waals surface area contributed by atoms with Gasteiger partial charge >= 0.3 is 0 Å². The van der Waals surface area contributed by atoms with Crippen LogP contribution in [0.5, 0.6) is 0 Å². The second-order valence-electron chi connectivity index (χ2n) is 6.54. The predicted molar refractivity (Wildman–Crippen MR) is 108 cm³/mol. The van der Waals surface area contributed by atoms with Crippen LogP contribution in [0.2, 0.25) is 0 Å². The van der Waals surface area contributed by atoms with Crippen LogP contribution in [-0.4, -0.2) is 16.3 Å². The molecule has 0 saturated carbocycles. The number of hydrogen-bond acceptors (Lipinski definition) is 5. The number of rotatable bonds is 4. The van der Waals surface area contributed by atoms with Crippen molar-refractivity contribution in [3.8, 4) is 0 Å². The summed E-state index contributed by atoms with van der Waals surface area (Å²) in [5.41, 5.74) is 1.74. The molecule has 3 heterocycles. The van der Waals surface area contributed by atoms with E-state index in [0.717, 1.165) is 31.2 Å². The molecule has 0 aliphatic heterocycles. The lowest BCUT2D eigenvalue weighted by Crippen LogP contribution is -2.20. The molecule has 27 heavy (non-hydrogen) atoms. The average Bonchev–Trinajstić information content (AvgIpc) is 3.31. The summed E-state index contributed by atoms with van der Waals surface area (Å²) in [5, 5.41) is 5.36. The van der Waals surface area contributed by atoms with Crippen LogP contribution >= 0.6 is 22.7 Å². The molecule has 1 N–H and O–H groups in total. The Balaban J connectivity index is 1.72. The van der Waals surface area contributed by atoms with E-state index in [9.17, 15) is 14.4 Å². The molecular formula is C20H18N2O3S2. The number of ketones is 1. The third-order valence-corrected chi connectivity index (χ3v) is 6.81. The monoisotopic (exact) mass is 398 g/mol. The number of fused-ring (bicyclic) bond motifs is 1. The van der Waals surface area contributed by atoms with Gasteiger partial charge in [0, 0.05) is 29.8 Å². The molecule has 0 unspecified atom stereocenters. The molecule has 1 aliphatic carbocycles. The number of aryl methyl sites for hydroxylation is 2. The fourth-order valence-corrected chi connectivity index (χ4v) is 5.24. The van der Waals surface area contributed by atoms with Crippen LogP contribution in [0.3, 0.4) is 0 Å². The van der Waals surface area contributed by atoms with E-state index in [1.54, 1.807) is 19.3 Å². The van der Waals surface area contributed by atoms with Crippen molar-refractivity contribution in [2.75, 3.05) is 5.32 Å². The van der Waals surface area contributed by atoms with Crippen LogP contribution in [-0.2, 0) is 19.9 Å². The number of aromatic nitrogens is 1. The predicted octanol–water partition coefficient (Wildman–Crippen LogP) is 3.87. The molecule has 138 valence electrons. The quantitative estimate of drug-likeness (QED) is 0.679. The Bertz CT molecular complexity index is 1080. The summed E-state index contributed by atoms with van der Waals surface area (Å²) in [5.74, 6) is -0.407. The summed E-state index contributed by atoms with van der Waals surface area (Å²) in [6.45, 7) is 0. The van der Waals surface area contributed by atoms with E-state index in [2.05, 4.69) is 5.32 Å². The molecule has 7 heteroatoms. The van der Waals surface area contributed by atoms with Crippen LogP contribution in [0.4, 0.5) is 5.00 Å². The van der Waals surface area contributed by atoms with Gasteiger partial charge in [-0.1, -0.05) is 6.07 Å². The van der Waals surface area contributed by atoms with Crippen molar-refractivity contribution in [1.82, 2.24) is 4.57 Å². The van der Waals surface area contributed by atoms with Crippen LogP contribution in [0.25, 0.3) is 0 Å². The highest BCUT2D eigenvalue weighted by atomic mass is 32.1. The Labute approximate surface area is 164 Å². The Morgan fingerprint density at radius 1 is 1.19 bits per heavy atom. The maximum Gasteiger partial charge on any atom is 0.256 e. The van der Waals surface area contributed by atoms with Crippen molar-refractivity contribution in [3.05, 3.63) is 72.6 Å². The molecule has 0 fully saturated rings. The van der Waals surface area contributed by atoms with Crippen LogP contribution in [0, 0.1) is 0 Å². The van der Waals surface area contributed by atoms with Crippen LogP contribution in [0.15, 0.2) is 40.6 Å². The summed E-state index contributed by atoms with van der Waals surface area (Å²) >= 11 is 2.89. The molecule has 0 bridgehead atoms. The number of thiophene rings is 2. The lowest BCUT2D eigenvalue weighted by molar-refractivity contribution is 0.102. The normalized spacial score (nSPS) is 13.2. The SMILES string of the molecule is Cn1ccc(C(=O)Nc2sc3c(c2C(=O)c2cccs2)CCCC3)cc1=O. The van der Waals surface area contributed by atoms with E-state index >= 15 is 0 Å². The number of pyridine rings is 1. The third-order valence-electron chi connectivity index (χ3n) is 4.74. The topological polar surface area (TPSA) is 68.2 Å². The molecule has 3 aromatic heterocycles. The number of hydrogen-bond donors (Lipinski definition) is 1. The minimum atomic E-state index is -0.369. The molecule has 1 amide bonds. The van der Waals surface area contributed by atoms with Gasteiger partial charge in [-0.25, -0.2) is 0 Å². The lowest BCUT2D eigenvalue weighted by atomic mass is 9.93. The Morgan fingerprint density at radius 2 is 2.00 bits per heavy atom. The molecule has 5 nitrogen and oxygen atoms in total.